The number of likely N-dealkylation sites (N-methyl/N-ethyl adjacent to an activating group) is 1. The Hall–Kier alpha value is -3.07. The molecule has 0 bridgehead atoms. The SMILES string of the molecule is CCNC(=O)[C@@H](C)N(Cc1cccc(OC)c1)C(=O)CN(c1ccccc1CC)S(C)(=O)=O. The molecule has 8 nitrogen and oxygen atoms in total. The van der Waals surface area contributed by atoms with Gasteiger partial charge in [0, 0.05) is 13.1 Å². The van der Waals surface area contributed by atoms with E-state index >= 15 is 0 Å². The second-order valence-electron chi connectivity index (χ2n) is 7.70. The lowest BCUT2D eigenvalue weighted by molar-refractivity contribution is -0.139. The molecule has 0 saturated carbocycles. The molecule has 0 fully saturated rings. The first-order valence-corrected chi connectivity index (χ1v) is 12.7. The van der Waals surface area contributed by atoms with E-state index in [4.69, 9.17) is 4.74 Å². The van der Waals surface area contributed by atoms with Crippen LogP contribution in [0.25, 0.3) is 0 Å². The highest BCUT2D eigenvalue weighted by molar-refractivity contribution is 7.92. The molecule has 2 aromatic carbocycles. The maximum absolute atomic E-state index is 13.5. The lowest BCUT2D eigenvalue weighted by Crippen LogP contribution is -2.51. The van der Waals surface area contributed by atoms with Crippen LogP contribution in [0.15, 0.2) is 48.5 Å². The smallest absolute Gasteiger partial charge is 0.244 e. The van der Waals surface area contributed by atoms with E-state index in [1.807, 2.05) is 25.1 Å². The topological polar surface area (TPSA) is 96.0 Å². The van der Waals surface area contributed by atoms with Crippen LogP contribution in [0.3, 0.4) is 0 Å². The zero-order valence-corrected chi connectivity index (χ0v) is 20.7. The molecule has 0 saturated heterocycles. The normalized spacial score (nSPS) is 12.0. The lowest BCUT2D eigenvalue weighted by Gasteiger charge is -2.32. The number of rotatable bonds is 11. The van der Waals surface area contributed by atoms with Gasteiger partial charge in [-0.1, -0.05) is 37.3 Å². The molecule has 1 atom stereocenters. The number of anilines is 1. The minimum Gasteiger partial charge on any atom is -0.497 e. The molecule has 1 N–H and O–H groups in total. The highest BCUT2D eigenvalue weighted by Gasteiger charge is 2.30. The van der Waals surface area contributed by atoms with Gasteiger partial charge in [-0.25, -0.2) is 8.42 Å². The molecule has 0 aliphatic heterocycles. The summed E-state index contributed by atoms with van der Waals surface area (Å²) in [5.74, 6) is -0.165. The molecule has 0 aliphatic carbocycles. The standard InChI is InChI=1S/C24H33N3O5S/c1-6-20-12-8-9-14-22(20)27(33(5,30)31)17-23(28)26(18(3)24(29)25-7-2)16-19-11-10-13-21(15-19)32-4/h8-15,18H,6-7,16-17H2,1-5H3,(H,25,29)/t18-/m1/s1. The largest absolute Gasteiger partial charge is 0.497 e. The molecule has 0 aromatic heterocycles. The zero-order chi connectivity index (χ0) is 24.6. The number of methoxy groups -OCH3 is 1. The van der Waals surface area contributed by atoms with E-state index in [1.54, 1.807) is 51.3 Å². The van der Waals surface area contributed by atoms with Crippen molar-refractivity contribution < 1.29 is 22.7 Å². The van der Waals surface area contributed by atoms with E-state index in [-0.39, 0.29) is 12.5 Å². The van der Waals surface area contributed by atoms with Crippen LogP contribution in [-0.2, 0) is 32.6 Å². The van der Waals surface area contributed by atoms with Crippen molar-refractivity contribution in [1.82, 2.24) is 10.2 Å². The third kappa shape index (κ3) is 6.95. The number of amides is 2. The van der Waals surface area contributed by atoms with Crippen molar-refractivity contribution >= 4 is 27.5 Å². The molecule has 0 spiro atoms. The quantitative estimate of drug-likeness (QED) is 0.539. The van der Waals surface area contributed by atoms with Crippen molar-refractivity contribution in [2.75, 3.05) is 30.8 Å². The van der Waals surface area contributed by atoms with Gasteiger partial charge in [-0.15, -0.1) is 0 Å². The number of benzene rings is 2. The summed E-state index contributed by atoms with van der Waals surface area (Å²) in [5.41, 5.74) is 2.04. The molecule has 2 rings (SSSR count). The Bertz CT molecular complexity index is 1070. The van der Waals surface area contributed by atoms with Gasteiger partial charge in [-0.2, -0.15) is 0 Å². The van der Waals surface area contributed by atoms with Crippen molar-refractivity contribution in [2.45, 2.75) is 39.8 Å². The molecule has 0 radical (unpaired) electrons. The van der Waals surface area contributed by atoms with Gasteiger partial charge in [0.2, 0.25) is 21.8 Å². The van der Waals surface area contributed by atoms with Gasteiger partial charge in [-0.3, -0.25) is 13.9 Å². The predicted octanol–water partition coefficient (Wildman–Crippen LogP) is 2.58. The average Bonchev–Trinajstić information content (AvgIpc) is 2.79. The third-order valence-corrected chi connectivity index (χ3v) is 6.45. The van der Waals surface area contributed by atoms with E-state index in [2.05, 4.69) is 5.32 Å². The number of aryl methyl sites for hydroxylation is 1. The minimum atomic E-state index is -3.75. The van der Waals surface area contributed by atoms with E-state index < -0.39 is 28.5 Å². The molecule has 2 amide bonds. The number of para-hydroxylation sites is 1. The van der Waals surface area contributed by atoms with Gasteiger partial charge in [0.1, 0.15) is 18.3 Å². The fourth-order valence-electron chi connectivity index (χ4n) is 3.52. The zero-order valence-electron chi connectivity index (χ0n) is 19.9. The summed E-state index contributed by atoms with van der Waals surface area (Å²) in [5, 5.41) is 2.73. The first kappa shape index (κ1) is 26.2. The fourth-order valence-corrected chi connectivity index (χ4v) is 4.40. The molecule has 0 unspecified atom stereocenters. The van der Waals surface area contributed by atoms with Gasteiger partial charge in [-0.05, 0) is 49.6 Å². The van der Waals surface area contributed by atoms with Crippen LogP contribution in [0.4, 0.5) is 5.69 Å². The lowest BCUT2D eigenvalue weighted by atomic mass is 10.1. The Balaban J connectivity index is 2.43. The Labute approximate surface area is 196 Å². The summed E-state index contributed by atoms with van der Waals surface area (Å²) >= 11 is 0. The molecule has 9 heteroatoms. The van der Waals surface area contributed by atoms with E-state index in [1.165, 1.54) is 4.90 Å². The first-order valence-electron chi connectivity index (χ1n) is 10.9. The summed E-state index contributed by atoms with van der Waals surface area (Å²) in [4.78, 5) is 27.5. The van der Waals surface area contributed by atoms with Crippen LogP contribution in [0.5, 0.6) is 5.75 Å². The molecule has 33 heavy (non-hydrogen) atoms. The Kier molecular flexibility index (Phi) is 9.28. The van der Waals surface area contributed by atoms with E-state index in [0.29, 0.717) is 24.4 Å². The first-order chi connectivity index (χ1) is 15.6. The van der Waals surface area contributed by atoms with Crippen LogP contribution in [0, 0.1) is 0 Å². The monoisotopic (exact) mass is 475 g/mol. The molecule has 0 heterocycles. The Morgan fingerprint density at radius 1 is 1.09 bits per heavy atom. The van der Waals surface area contributed by atoms with E-state index in [9.17, 15) is 18.0 Å². The van der Waals surface area contributed by atoms with Crippen LogP contribution in [-0.4, -0.2) is 57.6 Å². The maximum Gasteiger partial charge on any atom is 0.244 e. The molecular formula is C24H33N3O5S. The number of nitrogens with one attached hydrogen (secondary N) is 1. The van der Waals surface area contributed by atoms with Crippen LogP contribution >= 0.6 is 0 Å². The summed E-state index contributed by atoms with van der Waals surface area (Å²) in [6.45, 7) is 5.49. The number of carbonyl (C=O) groups is 2. The summed E-state index contributed by atoms with van der Waals surface area (Å²) in [6, 6.07) is 13.5. The van der Waals surface area contributed by atoms with Crippen LogP contribution in [0.1, 0.15) is 31.9 Å². The van der Waals surface area contributed by atoms with E-state index in [0.717, 1.165) is 21.7 Å². The highest BCUT2D eigenvalue weighted by atomic mass is 32.2. The minimum absolute atomic E-state index is 0.126. The van der Waals surface area contributed by atoms with Gasteiger partial charge in [0.15, 0.2) is 0 Å². The van der Waals surface area contributed by atoms with Crippen molar-refractivity contribution in [2.24, 2.45) is 0 Å². The Morgan fingerprint density at radius 2 is 1.79 bits per heavy atom. The van der Waals surface area contributed by atoms with Crippen molar-refractivity contribution in [3.05, 3.63) is 59.7 Å². The van der Waals surface area contributed by atoms with Crippen LogP contribution in [0.2, 0.25) is 0 Å². The molecule has 0 aliphatic rings. The van der Waals surface area contributed by atoms with Crippen molar-refractivity contribution in [3.8, 4) is 5.75 Å². The number of hydrogen-bond acceptors (Lipinski definition) is 5. The van der Waals surface area contributed by atoms with Gasteiger partial charge in [0.05, 0.1) is 19.1 Å². The number of ether oxygens (including phenoxy) is 1. The summed E-state index contributed by atoms with van der Waals surface area (Å²) < 4.78 is 31.7. The second kappa shape index (κ2) is 11.7. The van der Waals surface area contributed by atoms with Gasteiger partial charge >= 0.3 is 0 Å². The van der Waals surface area contributed by atoms with Crippen molar-refractivity contribution in [1.29, 1.82) is 0 Å². The molecule has 2 aromatic rings. The predicted molar refractivity (Wildman–Crippen MR) is 130 cm³/mol. The van der Waals surface area contributed by atoms with Gasteiger partial charge < -0.3 is 15.0 Å². The number of carbonyl (C=O) groups excluding carboxylic acids is 2. The molecule has 180 valence electrons. The second-order valence-corrected chi connectivity index (χ2v) is 9.60. The average molecular weight is 476 g/mol. The molecular weight excluding hydrogens is 442 g/mol. The fraction of sp³-hybridized carbons (Fsp3) is 0.417. The van der Waals surface area contributed by atoms with Gasteiger partial charge in [0.25, 0.3) is 0 Å². The number of hydrogen-bond donors (Lipinski definition) is 1. The number of sulfonamides is 1. The van der Waals surface area contributed by atoms with Crippen molar-refractivity contribution in [3.63, 3.8) is 0 Å². The summed E-state index contributed by atoms with van der Waals surface area (Å²) in [7, 11) is -2.20. The van der Waals surface area contributed by atoms with Crippen LogP contribution < -0.4 is 14.4 Å². The Morgan fingerprint density at radius 3 is 2.39 bits per heavy atom. The maximum atomic E-state index is 13.5. The number of nitrogens with zero attached hydrogens (tertiary/aromatic N) is 2. The highest BCUT2D eigenvalue weighted by Crippen LogP contribution is 2.24. The summed E-state index contributed by atoms with van der Waals surface area (Å²) in [6.07, 6.45) is 1.69. The third-order valence-electron chi connectivity index (χ3n) is 5.33.